The predicted molar refractivity (Wildman–Crippen MR) is 173 cm³/mol. The van der Waals surface area contributed by atoms with Crippen LogP contribution in [0.5, 0.6) is 17.2 Å². The van der Waals surface area contributed by atoms with Crippen LogP contribution in [0.25, 0.3) is 6.08 Å². The van der Waals surface area contributed by atoms with Gasteiger partial charge in [0.1, 0.15) is 5.75 Å². The van der Waals surface area contributed by atoms with Gasteiger partial charge in [0, 0.05) is 10.0 Å². The topological polar surface area (TPSA) is 115 Å². The lowest BCUT2D eigenvalue weighted by molar-refractivity contribution is -0.145. The highest BCUT2D eigenvalue weighted by Gasteiger charge is 2.34. The van der Waals surface area contributed by atoms with Crippen molar-refractivity contribution in [3.63, 3.8) is 0 Å². The van der Waals surface area contributed by atoms with Gasteiger partial charge in [0.05, 0.1) is 52.7 Å². The lowest BCUT2D eigenvalue weighted by Crippen LogP contribution is -2.40. The summed E-state index contributed by atoms with van der Waals surface area (Å²) in [6, 6.07) is 8.01. The summed E-state index contributed by atoms with van der Waals surface area (Å²) < 4.78 is 30.8. The van der Waals surface area contributed by atoms with Crippen LogP contribution in [0.3, 0.4) is 0 Å². The Balaban J connectivity index is 1.92. The molecule has 0 amide bonds. The van der Waals surface area contributed by atoms with Crippen molar-refractivity contribution in [2.24, 2.45) is 4.99 Å². The first kappa shape index (κ1) is 33.5. The third-order valence-electron chi connectivity index (χ3n) is 6.35. The molecule has 1 aromatic heterocycles. The van der Waals surface area contributed by atoms with E-state index in [1.54, 1.807) is 57.2 Å². The summed E-state index contributed by atoms with van der Waals surface area (Å²) in [5.74, 6) is 0.263. The van der Waals surface area contributed by atoms with Gasteiger partial charge in [-0.2, -0.15) is 0 Å². The van der Waals surface area contributed by atoms with Crippen molar-refractivity contribution in [2.45, 2.75) is 46.8 Å². The number of rotatable bonds is 11. The number of carbonyl (C=O) groups excluding carboxylic acids is 2. The Bertz CT molecular complexity index is 1790. The van der Waals surface area contributed by atoms with E-state index >= 15 is 0 Å². The smallest absolute Gasteiger partial charge is 0.344 e. The molecule has 1 atom stereocenters. The maximum Gasteiger partial charge on any atom is 0.344 e. The summed E-state index contributed by atoms with van der Waals surface area (Å²) >= 11 is 8.15. The van der Waals surface area contributed by atoms with Crippen LogP contribution in [-0.4, -0.2) is 49.5 Å². The third kappa shape index (κ3) is 7.27. The van der Waals surface area contributed by atoms with Gasteiger partial charge < -0.3 is 23.7 Å². The average Bonchev–Trinajstić information content (AvgIpc) is 3.25. The van der Waals surface area contributed by atoms with E-state index < -0.39 is 18.0 Å². The van der Waals surface area contributed by atoms with Crippen LogP contribution in [0.15, 0.2) is 60.3 Å². The molecule has 4 rings (SSSR count). The van der Waals surface area contributed by atoms with Crippen molar-refractivity contribution in [2.75, 3.05) is 26.9 Å². The maximum atomic E-state index is 14.1. The van der Waals surface area contributed by atoms with Gasteiger partial charge in [-0.25, -0.2) is 14.6 Å². The summed E-state index contributed by atoms with van der Waals surface area (Å²) in [7, 11) is 1.53. The van der Waals surface area contributed by atoms with Crippen LogP contribution in [0, 0.1) is 0 Å². The van der Waals surface area contributed by atoms with E-state index in [-0.39, 0.29) is 37.1 Å². The maximum absolute atomic E-state index is 14.1. The van der Waals surface area contributed by atoms with Gasteiger partial charge in [-0.15, -0.1) is 0 Å². The number of aromatic nitrogens is 1. The summed E-state index contributed by atoms with van der Waals surface area (Å²) in [5.41, 5.74) is 1.46. The van der Waals surface area contributed by atoms with Crippen LogP contribution in [0.2, 0.25) is 0 Å². The number of hydrogen-bond acceptors (Lipinski definition) is 10. The first-order valence-electron chi connectivity index (χ1n) is 13.8. The molecule has 2 heterocycles. The van der Waals surface area contributed by atoms with E-state index in [2.05, 4.69) is 36.9 Å². The zero-order valence-electron chi connectivity index (χ0n) is 25.1. The first-order valence-corrected chi connectivity index (χ1v) is 16.2. The normalized spacial score (nSPS) is 14.7. The minimum absolute atomic E-state index is 0.0890. The van der Waals surface area contributed by atoms with Crippen LogP contribution < -0.4 is 29.1 Å². The number of fused-ring (bicyclic) bond motifs is 1. The molecule has 0 bridgehead atoms. The standard InChI is InChI=1S/C31H32Br2N2O8S/c1-7-40-25(36)15-42-28-19(11-20(32)14-21(28)33)13-24-29(37)35-27(18-9-10-22(43-16(3)4)23(12-18)39-6)26(30(38)41-8-2)17(5)34-31(35)44-24/h9-14,16,27H,7-8,15H2,1-6H3/b24-13+/t27-/m0/s1. The highest BCUT2D eigenvalue weighted by Crippen LogP contribution is 2.37. The Morgan fingerprint density at radius 1 is 1.09 bits per heavy atom. The lowest BCUT2D eigenvalue weighted by Gasteiger charge is -2.25. The van der Waals surface area contributed by atoms with E-state index in [9.17, 15) is 14.4 Å². The fourth-order valence-electron chi connectivity index (χ4n) is 4.63. The van der Waals surface area contributed by atoms with E-state index in [4.69, 9.17) is 23.7 Å². The van der Waals surface area contributed by atoms with Crippen molar-refractivity contribution >= 4 is 61.2 Å². The molecule has 0 fully saturated rings. The number of ether oxygens (including phenoxy) is 5. The number of nitrogens with zero attached hydrogens (tertiary/aromatic N) is 2. The van der Waals surface area contributed by atoms with Crippen molar-refractivity contribution in [3.8, 4) is 17.2 Å². The molecule has 0 N–H and O–H groups in total. The van der Waals surface area contributed by atoms with E-state index in [0.717, 1.165) is 4.47 Å². The molecular weight excluding hydrogens is 720 g/mol. The van der Waals surface area contributed by atoms with Crippen molar-refractivity contribution in [3.05, 3.63) is 81.4 Å². The second kappa shape index (κ2) is 14.6. The molecule has 10 nitrogen and oxygen atoms in total. The second-order valence-electron chi connectivity index (χ2n) is 9.78. The van der Waals surface area contributed by atoms with Crippen LogP contribution in [0.4, 0.5) is 0 Å². The van der Waals surface area contributed by atoms with Gasteiger partial charge in [0.25, 0.3) is 5.56 Å². The number of allylic oxidation sites excluding steroid dienone is 1. The Morgan fingerprint density at radius 3 is 2.48 bits per heavy atom. The predicted octanol–water partition coefficient (Wildman–Crippen LogP) is 5.06. The molecule has 1 aliphatic heterocycles. The molecular formula is C31H32Br2N2O8S. The monoisotopic (exact) mass is 750 g/mol. The van der Waals surface area contributed by atoms with Crippen LogP contribution in [-0.2, 0) is 19.1 Å². The molecule has 0 saturated heterocycles. The largest absolute Gasteiger partial charge is 0.493 e. The number of hydrogen-bond donors (Lipinski definition) is 0. The highest BCUT2D eigenvalue weighted by atomic mass is 79.9. The molecule has 0 spiro atoms. The molecule has 3 aromatic rings. The number of methoxy groups -OCH3 is 1. The van der Waals surface area contributed by atoms with Gasteiger partial charge in [0.15, 0.2) is 22.9 Å². The lowest BCUT2D eigenvalue weighted by atomic mass is 9.95. The fourth-order valence-corrected chi connectivity index (χ4v) is 7.04. The van der Waals surface area contributed by atoms with Crippen LogP contribution in [0.1, 0.15) is 51.8 Å². The molecule has 0 radical (unpaired) electrons. The minimum Gasteiger partial charge on any atom is -0.493 e. The van der Waals surface area contributed by atoms with Gasteiger partial charge in [-0.1, -0.05) is 33.3 Å². The Kier molecular flexibility index (Phi) is 11.1. The zero-order valence-corrected chi connectivity index (χ0v) is 29.1. The quantitative estimate of drug-likeness (QED) is 0.250. The Hall–Kier alpha value is -3.42. The van der Waals surface area contributed by atoms with Crippen molar-refractivity contribution in [1.82, 2.24) is 4.57 Å². The van der Waals surface area contributed by atoms with Crippen molar-refractivity contribution in [1.29, 1.82) is 0 Å². The average molecular weight is 752 g/mol. The molecule has 44 heavy (non-hydrogen) atoms. The van der Waals surface area contributed by atoms with Gasteiger partial charge in [-0.3, -0.25) is 9.36 Å². The first-order chi connectivity index (χ1) is 21.0. The molecule has 234 valence electrons. The second-order valence-corrected chi connectivity index (χ2v) is 12.6. The molecule has 13 heteroatoms. The zero-order chi connectivity index (χ0) is 32.1. The Labute approximate surface area is 275 Å². The van der Waals surface area contributed by atoms with Gasteiger partial charge in [-0.05, 0) is 86.5 Å². The number of halogens is 2. The molecule has 0 unspecified atom stereocenters. The van der Waals surface area contributed by atoms with Gasteiger partial charge in [0.2, 0.25) is 0 Å². The fraction of sp³-hybridized carbons (Fsp3) is 0.355. The summed E-state index contributed by atoms with van der Waals surface area (Å²) in [6.45, 7) is 9.05. The molecule has 2 aromatic carbocycles. The summed E-state index contributed by atoms with van der Waals surface area (Å²) in [4.78, 5) is 44.5. The number of carbonyl (C=O) groups is 2. The summed E-state index contributed by atoms with van der Waals surface area (Å²) in [5, 5.41) is 0. The number of esters is 2. The number of benzene rings is 2. The molecule has 0 aliphatic carbocycles. The van der Waals surface area contributed by atoms with E-state index in [1.165, 1.54) is 23.0 Å². The van der Waals surface area contributed by atoms with Crippen molar-refractivity contribution < 1.29 is 33.3 Å². The molecule has 1 aliphatic rings. The molecule has 0 saturated carbocycles. The van der Waals surface area contributed by atoms with E-state index in [1.807, 2.05) is 13.8 Å². The Morgan fingerprint density at radius 2 is 1.82 bits per heavy atom. The van der Waals surface area contributed by atoms with Crippen LogP contribution >= 0.6 is 43.2 Å². The SMILES string of the molecule is CCOC(=O)COc1c(Br)cc(Br)cc1/C=c1/sc2n(c1=O)[C@@H](c1ccc(OC(C)C)c(OC)c1)C(C(=O)OCC)=C(C)N=2. The summed E-state index contributed by atoms with van der Waals surface area (Å²) in [6.07, 6.45) is 1.58. The highest BCUT2D eigenvalue weighted by molar-refractivity contribution is 9.11. The third-order valence-corrected chi connectivity index (χ3v) is 8.38. The van der Waals surface area contributed by atoms with Gasteiger partial charge >= 0.3 is 11.9 Å². The number of thiazole rings is 1. The van der Waals surface area contributed by atoms with E-state index in [0.29, 0.717) is 47.9 Å². The minimum atomic E-state index is -0.844.